The van der Waals surface area contributed by atoms with E-state index in [0.29, 0.717) is 17.5 Å². The van der Waals surface area contributed by atoms with E-state index in [4.69, 9.17) is 11.3 Å². The van der Waals surface area contributed by atoms with Gasteiger partial charge >= 0.3 is 0 Å². The molecule has 126 valence electrons. The number of methoxy groups -OCH3 is 1. The lowest BCUT2D eigenvalue weighted by molar-refractivity contribution is 0.407. The second-order valence-electron chi connectivity index (χ2n) is 6.63. The van der Waals surface area contributed by atoms with Gasteiger partial charge in [-0.2, -0.15) is 0 Å². The van der Waals surface area contributed by atoms with Crippen molar-refractivity contribution in [2.45, 2.75) is 18.9 Å². The summed E-state index contributed by atoms with van der Waals surface area (Å²) < 4.78 is 5.40. The van der Waals surface area contributed by atoms with Gasteiger partial charge in [-0.25, -0.2) is 4.85 Å². The Morgan fingerprint density at radius 2 is 2.16 bits per heavy atom. The molecule has 2 atom stereocenters. The summed E-state index contributed by atoms with van der Waals surface area (Å²) >= 11 is 0. The van der Waals surface area contributed by atoms with Crippen molar-refractivity contribution in [3.63, 3.8) is 0 Å². The Kier molecular flexibility index (Phi) is 4.17. The van der Waals surface area contributed by atoms with Crippen molar-refractivity contribution >= 4 is 16.6 Å². The van der Waals surface area contributed by atoms with Gasteiger partial charge in [-0.05, 0) is 54.0 Å². The molecule has 0 spiro atoms. The zero-order valence-electron chi connectivity index (χ0n) is 14.3. The van der Waals surface area contributed by atoms with Crippen LogP contribution in [0.15, 0.2) is 48.7 Å². The van der Waals surface area contributed by atoms with Crippen LogP contribution in [0, 0.1) is 12.5 Å². The van der Waals surface area contributed by atoms with Crippen LogP contribution in [0.2, 0.25) is 0 Å². The van der Waals surface area contributed by atoms with Gasteiger partial charge in [0.25, 0.3) is 0 Å². The van der Waals surface area contributed by atoms with Crippen molar-refractivity contribution < 1.29 is 4.74 Å². The fourth-order valence-corrected chi connectivity index (χ4v) is 3.60. The lowest BCUT2D eigenvalue weighted by Crippen LogP contribution is -2.17. The maximum atomic E-state index is 7.21. The number of benzene rings is 2. The van der Waals surface area contributed by atoms with E-state index in [1.54, 1.807) is 7.11 Å². The van der Waals surface area contributed by atoms with Crippen molar-refractivity contribution in [1.82, 2.24) is 10.3 Å². The van der Waals surface area contributed by atoms with Gasteiger partial charge in [-0.1, -0.05) is 24.3 Å². The number of aromatic nitrogens is 1. The molecule has 0 amide bonds. The van der Waals surface area contributed by atoms with Crippen LogP contribution in [0.4, 0.5) is 5.69 Å². The molecular weight excluding hydrogens is 310 g/mol. The molecule has 1 fully saturated rings. The van der Waals surface area contributed by atoms with Crippen LogP contribution in [0.5, 0.6) is 5.75 Å². The van der Waals surface area contributed by atoms with E-state index in [1.807, 2.05) is 36.4 Å². The highest BCUT2D eigenvalue weighted by atomic mass is 16.5. The molecule has 25 heavy (non-hydrogen) atoms. The molecule has 0 radical (unpaired) electrons. The molecule has 1 aromatic heterocycles. The molecule has 3 aromatic rings. The van der Waals surface area contributed by atoms with Gasteiger partial charge in [0.2, 0.25) is 0 Å². The van der Waals surface area contributed by atoms with Crippen LogP contribution in [0.25, 0.3) is 15.7 Å². The minimum Gasteiger partial charge on any atom is -0.496 e. The Labute approximate surface area is 147 Å². The molecule has 0 aliphatic heterocycles. The number of nitrogens with one attached hydrogen (secondary N) is 2. The van der Waals surface area contributed by atoms with Gasteiger partial charge in [0.15, 0.2) is 5.69 Å². The van der Waals surface area contributed by atoms with Gasteiger partial charge in [-0.15, -0.1) is 0 Å². The number of ether oxygens (including phenoxy) is 1. The monoisotopic (exact) mass is 331 g/mol. The summed E-state index contributed by atoms with van der Waals surface area (Å²) in [5, 5.41) is 4.76. The Morgan fingerprint density at radius 1 is 1.28 bits per heavy atom. The van der Waals surface area contributed by atoms with Crippen molar-refractivity contribution in [3.8, 4) is 5.75 Å². The highest BCUT2D eigenvalue weighted by Gasteiger charge is 2.39. The topological polar surface area (TPSA) is 41.4 Å². The number of fused-ring (bicyclic) bond motifs is 1. The van der Waals surface area contributed by atoms with E-state index in [1.165, 1.54) is 22.9 Å². The zero-order valence-corrected chi connectivity index (χ0v) is 14.3. The second kappa shape index (κ2) is 6.62. The van der Waals surface area contributed by atoms with E-state index in [9.17, 15) is 0 Å². The summed E-state index contributed by atoms with van der Waals surface area (Å²) in [5.74, 6) is 2.18. The Hall–Kier alpha value is -2.77. The third-order valence-corrected chi connectivity index (χ3v) is 5.06. The van der Waals surface area contributed by atoms with Crippen molar-refractivity contribution in [3.05, 3.63) is 71.2 Å². The molecular formula is C21H21N3O. The first-order chi connectivity index (χ1) is 12.3. The number of nitrogens with zero attached hydrogens (tertiary/aromatic N) is 1. The lowest BCUT2D eigenvalue weighted by atomic mass is 10.1. The molecule has 4 rings (SSSR count). The summed E-state index contributed by atoms with van der Waals surface area (Å²) in [6.07, 6.45) is 3.32. The molecule has 4 nitrogen and oxygen atoms in total. The first-order valence-corrected chi connectivity index (χ1v) is 8.61. The molecule has 1 aliphatic rings. The van der Waals surface area contributed by atoms with Crippen LogP contribution >= 0.6 is 0 Å². The summed E-state index contributed by atoms with van der Waals surface area (Å²) in [6, 6.07) is 14.0. The third-order valence-electron chi connectivity index (χ3n) is 5.06. The van der Waals surface area contributed by atoms with Crippen molar-refractivity contribution in [2.24, 2.45) is 5.92 Å². The van der Waals surface area contributed by atoms with Gasteiger partial charge in [0.1, 0.15) is 5.75 Å². The van der Waals surface area contributed by atoms with E-state index in [2.05, 4.69) is 27.4 Å². The summed E-state index contributed by atoms with van der Waals surface area (Å²) in [7, 11) is 1.71. The Bertz CT molecular complexity index is 938. The Morgan fingerprint density at radius 3 is 3.00 bits per heavy atom. The molecule has 0 bridgehead atoms. The third kappa shape index (κ3) is 3.11. The molecule has 1 aliphatic carbocycles. The van der Waals surface area contributed by atoms with E-state index in [-0.39, 0.29) is 0 Å². The average molecular weight is 331 g/mol. The van der Waals surface area contributed by atoms with E-state index >= 15 is 0 Å². The van der Waals surface area contributed by atoms with Crippen LogP contribution < -0.4 is 10.1 Å². The fourth-order valence-electron chi connectivity index (χ4n) is 3.60. The average Bonchev–Trinajstić information content (AvgIpc) is 3.30. The highest BCUT2D eigenvalue weighted by molar-refractivity contribution is 5.87. The molecule has 2 N–H and O–H groups in total. The molecule has 1 saturated carbocycles. The fraction of sp³-hybridized carbons (Fsp3) is 0.286. The summed E-state index contributed by atoms with van der Waals surface area (Å²) in [6.45, 7) is 9.03. The summed E-state index contributed by atoms with van der Waals surface area (Å²) in [5.41, 5.74) is 4.37. The number of hydrogen-bond acceptors (Lipinski definition) is 2. The van der Waals surface area contributed by atoms with Gasteiger partial charge in [-0.3, -0.25) is 0 Å². The largest absolute Gasteiger partial charge is 0.496 e. The van der Waals surface area contributed by atoms with Crippen molar-refractivity contribution in [2.75, 3.05) is 13.7 Å². The van der Waals surface area contributed by atoms with Crippen LogP contribution in [0.1, 0.15) is 23.5 Å². The molecule has 0 saturated heterocycles. The number of aromatic amines is 1. The van der Waals surface area contributed by atoms with E-state index in [0.717, 1.165) is 24.4 Å². The highest BCUT2D eigenvalue weighted by Crippen LogP contribution is 2.49. The van der Waals surface area contributed by atoms with Gasteiger partial charge in [0.05, 0.1) is 13.7 Å². The van der Waals surface area contributed by atoms with Gasteiger partial charge in [0, 0.05) is 23.8 Å². The van der Waals surface area contributed by atoms with Crippen LogP contribution in [0.3, 0.4) is 0 Å². The first kappa shape index (κ1) is 15.7. The number of para-hydroxylation sites is 1. The maximum Gasteiger partial charge on any atom is 0.187 e. The number of hydrogen-bond donors (Lipinski definition) is 2. The Balaban J connectivity index is 1.39. The van der Waals surface area contributed by atoms with Crippen LogP contribution in [-0.2, 0) is 6.54 Å². The van der Waals surface area contributed by atoms with Crippen molar-refractivity contribution in [1.29, 1.82) is 0 Å². The quantitative estimate of drug-likeness (QED) is 0.647. The standard InChI is InChI=1S/C21H21N3O/c1-22-16-7-8-20-18(10-16)19(13-24-20)17-9-15(17)12-23-11-14-5-3-4-6-21(14)25-2/h3-8,10,13,15,17,23-24H,9,11-12H2,2H3. The molecule has 2 aromatic carbocycles. The number of H-pyrrole nitrogens is 1. The first-order valence-electron chi connectivity index (χ1n) is 8.61. The van der Waals surface area contributed by atoms with E-state index < -0.39 is 0 Å². The minimum atomic E-state index is 0.583. The lowest BCUT2D eigenvalue weighted by Gasteiger charge is -2.09. The SMILES string of the molecule is [C-]#[N+]c1ccc2[nH]cc(C3CC3CNCc3ccccc3OC)c2c1. The smallest absolute Gasteiger partial charge is 0.187 e. The molecule has 1 heterocycles. The maximum absolute atomic E-state index is 7.21. The molecule has 4 heteroatoms. The normalized spacial score (nSPS) is 18.9. The predicted octanol–water partition coefficient (Wildman–Crippen LogP) is 4.62. The van der Waals surface area contributed by atoms with Gasteiger partial charge < -0.3 is 15.0 Å². The zero-order chi connectivity index (χ0) is 17.2. The summed E-state index contributed by atoms with van der Waals surface area (Å²) in [4.78, 5) is 6.89. The number of rotatable bonds is 6. The van der Waals surface area contributed by atoms with Crippen LogP contribution in [-0.4, -0.2) is 18.6 Å². The minimum absolute atomic E-state index is 0.583. The molecule has 2 unspecified atom stereocenters. The second-order valence-corrected chi connectivity index (χ2v) is 6.63. The predicted molar refractivity (Wildman–Crippen MR) is 100 cm³/mol.